The topological polar surface area (TPSA) is 0 Å². The zero-order valence-corrected chi connectivity index (χ0v) is 9.27. The molecule has 0 spiro atoms. The summed E-state index contributed by atoms with van der Waals surface area (Å²) >= 11 is 0. The Labute approximate surface area is 83.7 Å². The average molecular weight is 178 g/mol. The molecule has 0 heterocycles. The lowest BCUT2D eigenvalue weighted by Gasteiger charge is -1.71. The monoisotopic (exact) mass is 178 g/mol. The van der Waals surface area contributed by atoms with Gasteiger partial charge in [-0.25, -0.2) is 0 Å². The van der Waals surface area contributed by atoms with Crippen LogP contribution in [0.2, 0.25) is 0 Å². The minimum Gasteiger partial charge on any atom is -0.100 e. The first-order valence-electron chi connectivity index (χ1n) is 4.05. The molecule has 0 radical (unpaired) electrons. The third kappa shape index (κ3) is 280. The van der Waals surface area contributed by atoms with E-state index in [0.29, 0.717) is 0 Å². The molecule has 0 rings (SSSR count). The van der Waals surface area contributed by atoms with Crippen molar-refractivity contribution >= 4 is 0 Å². The third-order valence-corrected chi connectivity index (χ3v) is 0.515. The number of rotatable bonds is 2. The van der Waals surface area contributed by atoms with Crippen LogP contribution >= 0.6 is 0 Å². The van der Waals surface area contributed by atoms with E-state index in [-0.39, 0.29) is 0 Å². The second kappa shape index (κ2) is 17.0. The van der Waals surface area contributed by atoms with Crippen LogP contribution in [0.3, 0.4) is 0 Å². The van der Waals surface area contributed by atoms with Gasteiger partial charge < -0.3 is 0 Å². The first-order valence-corrected chi connectivity index (χ1v) is 4.05. The highest BCUT2D eigenvalue weighted by atomic mass is 13.7. The molecule has 0 amide bonds. The molecule has 0 saturated heterocycles. The zero-order valence-electron chi connectivity index (χ0n) is 9.27. The first-order chi connectivity index (χ1) is 5.92. The maximum Gasteiger partial charge on any atom is -0.0404 e. The molecule has 0 aromatic carbocycles. The van der Waals surface area contributed by atoms with Crippen LogP contribution in [-0.4, -0.2) is 0 Å². The van der Waals surface area contributed by atoms with Crippen molar-refractivity contribution < 1.29 is 0 Å². The van der Waals surface area contributed by atoms with Crippen molar-refractivity contribution in [1.29, 1.82) is 0 Å². The molecule has 0 aromatic heterocycles. The molecule has 0 aliphatic heterocycles. The van der Waals surface area contributed by atoms with Gasteiger partial charge in [0.05, 0.1) is 0 Å². The first kappa shape index (κ1) is 17.7. The Morgan fingerprint density at radius 3 is 1.00 bits per heavy atom. The molecule has 0 nitrogen and oxygen atoms in total. The molecule has 0 aliphatic carbocycles. The summed E-state index contributed by atoms with van der Waals surface area (Å²) in [6, 6.07) is 0. The number of allylic oxidation sites excluding steroid dienone is 5. The summed E-state index contributed by atoms with van der Waals surface area (Å²) in [5, 5.41) is 0. The molecule has 0 aromatic rings. The Bertz CT molecular complexity index is 160. The van der Waals surface area contributed by atoms with Gasteiger partial charge in [-0.3, -0.25) is 0 Å². The van der Waals surface area contributed by atoms with Gasteiger partial charge in [0.15, 0.2) is 0 Å². The fourth-order valence-electron chi connectivity index (χ4n) is 0. The highest BCUT2D eigenvalue weighted by Gasteiger charge is 1.59. The summed E-state index contributed by atoms with van der Waals surface area (Å²) in [6.07, 6.45) is 5.00. The van der Waals surface area contributed by atoms with Crippen molar-refractivity contribution in [2.24, 2.45) is 0 Å². The Kier molecular flexibility index (Phi) is 23.1. The third-order valence-electron chi connectivity index (χ3n) is 0.515. The molecule has 0 fully saturated rings. The molecule has 74 valence electrons. The van der Waals surface area contributed by atoms with Crippen LogP contribution in [0, 0.1) is 0 Å². The lowest BCUT2D eigenvalue weighted by molar-refractivity contribution is 1.42. The lowest BCUT2D eigenvalue weighted by atomic mass is 10.4. The summed E-state index contributed by atoms with van der Waals surface area (Å²) in [6.45, 7) is 23.1. The number of hydrogen-bond donors (Lipinski definition) is 0. The van der Waals surface area contributed by atoms with Gasteiger partial charge in [0.1, 0.15) is 0 Å². The quantitative estimate of drug-likeness (QED) is 0.425. The molecule has 0 saturated carbocycles. The van der Waals surface area contributed by atoms with E-state index in [1.807, 2.05) is 20.8 Å². The van der Waals surface area contributed by atoms with Gasteiger partial charge in [0.2, 0.25) is 0 Å². The van der Waals surface area contributed by atoms with Gasteiger partial charge in [-0.15, -0.1) is 6.58 Å². The largest absolute Gasteiger partial charge is 0.100 e. The van der Waals surface area contributed by atoms with Gasteiger partial charge in [-0.05, 0) is 20.8 Å². The van der Waals surface area contributed by atoms with Crippen molar-refractivity contribution in [2.75, 3.05) is 0 Å². The van der Waals surface area contributed by atoms with E-state index in [1.165, 1.54) is 5.57 Å². The molecular weight excluding hydrogens is 156 g/mol. The van der Waals surface area contributed by atoms with Gasteiger partial charge in [-0.2, -0.15) is 0 Å². The fourth-order valence-corrected chi connectivity index (χ4v) is 0. The molecule has 0 unspecified atom stereocenters. The Balaban J connectivity index is -0.000000117. The average Bonchev–Trinajstić information content (AvgIpc) is 2.04. The predicted octanol–water partition coefficient (Wildman–Crippen LogP) is 4.69. The van der Waals surface area contributed by atoms with Crippen LogP contribution in [-0.2, 0) is 0 Å². The predicted molar refractivity (Wildman–Crippen MR) is 65.9 cm³/mol. The summed E-state index contributed by atoms with van der Waals surface area (Å²) in [7, 11) is 0. The van der Waals surface area contributed by atoms with Crippen LogP contribution in [0.15, 0.2) is 62.3 Å². The highest BCUT2D eigenvalue weighted by molar-refractivity contribution is 5.05. The van der Waals surface area contributed by atoms with Crippen LogP contribution in [0.4, 0.5) is 0 Å². The van der Waals surface area contributed by atoms with Crippen molar-refractivity contribution in [3.63, 3.8) is 0 Å². The Morgan fingerprint density at radius 1 is 0.846 bits per heavy atom. The Hall–Kier alpha value is -1.30. The van der Waals surface area contributed by atoms with E-state index >= 15 is 0 Å². The normalized spacial score (nSPS) is 6.08. The van der Waals surface area contributed by atoms with Crippen LogP contribution in [0.5, 0.6) is 0 Å². The summed E-state index contributed by atoms with van der Waals surface area (Å²) in [5.41, 5.74) is 2.19. The van der Waals surface area contributed by atoms with Gasteiger partial charge in [0, 0.05) is 0 Å². The van der Waals surface area contributed by atoms with Gasteiger partial charge in [-0.1, -0.05) is 55.7 Å². The standard InChI is InChI=1S/C5H8.C4H8.C4H6/c1-4-5(2)3;1-4(2)3;1-3-4-2/h4H,1-2H2,3H3;1H2,2-3H3;3-4H,1-2H2. The van der Waals surface area contributed by atoms with Crippen LogP contribution < -0.4 is 0 Å². The second-order valence-electron chi connectivity index (χ2n) is 2.73. The van der Waals surface area contributed by atoms with E-state index < -0.39 is 0 Å². The molecule has 0 atom stereocenters. The fraction of sp³-hybridized carbons (Fsp3) is 0.231. The van der Waals surface area contributed by atoms with Crippen molar-refractivity contribution in [3.8, 4) is 0 Å². The molecule has 13 heavy (non-hydrogen) atoms. The summed E-state index contributed by atoms with van der Waals surface area (Å²) in [4.78, 5) is 0. The lowest BCUT2D eigenvalue weighted by Crippen LogP contribution is -1.50. The molecule has 0 N–H and O–H groups in total. The summed E-state index contributed by atoms with van der Waals surface area (Å²) < 4.78 is 0. The minimum absolute atomic E-state index is 1.02. The summed E-state index contributed by atoms with van der Waals surface area (Å²) in [5.74, 6) is 0. The van der Waals surface area contributed by atoms with E-state index in [2.05, 4.69) is 32.9 Å². The highest BCUT2D eigenvalue weighted by Crippen LogP contribution is 1.81. The van der Waals surface area contributed by atoms with Gasteiger partial charge >= 0.3 is 0 Å². The maximum absolute atomic E-state index is 3.56. The zero-order chi connectivity index (χ0) is 11.3. The molecule has 0 bridgehead atoms. The molecular formula is C13H22. The van der Waals surface area contributed by atoms with E-state index in [1.54, 1.807) is 18.2 Å². The van der Waals surface area contributed by atoms with Crippen molar-refractivity contribution in [1.82, 2.24) is 0 Å². The van der Waals surface area contributed by atoms with Crippen LogP contribution in [0.1, 0.15) is 20.8 Å². The Morgan fingerprint density at radius 2 is 1.00 bits per heavy atom. The van der Waals surface area contributed by atoms with Crippen LogP contribution in [0.25, 0.3) is 0 Å². The SMILES string of the molecule is C=C(C)C.C=CC(=C)C.C=CC=C. The van der Waals surface area contributed by atoms with E-state index in [0.717, 1.165) is 5.57 Å². The smallest absolute Gasteiger partial charge is 0.0404 e. The molecule has 0 aliphatic rings. The molecule has 0 heteroatoms. The van der Waals surface area contributed by atoms with Crippen molar-refractivity contribution in [2.45, 2.75) is 20.8 Å². The van der Waals surface area contributed by atoms with Crippen molar-refractivity contribution in [3.05, 3.63) is 62.3 Å². The van der Waals surface area contributed by atoms with E-state index in [9.17, 15) is 0 Å². The minimum atomic E-state index is 1.02. The maximum atomic E-state index is 3.56. The van der Waals surface area contributed by atoms with E-state index in [4.69, 9.17) is 0 Å². The second-order valence-corrected chi connectivity index (χ2v) is 2.73. The van der Waals surface area contributed by atoms with Gasteiger partial charge in [0.25, 0.3) is 0 Å². The number of hydrogen-bond acceptors (Lipinski definition) is 0.